The van der Waals surface area contributed by atoms with Gasteiger partial charge in [0.1, 0.15) is 11.6 Å². The molecule has 1 aromatic carbocycles. The number of benzene rings is 1. The maximum Gasteiger partial charge on any atom is 0.277 e. The maximum absolute atomic E-state index is 12.8. The van der Waals surface area contributed by atoms with Crippen LogP contribution in [0.5, 0.6) is 0 Å². The van der Waals surface area contributed by atoms with E-state index < -0.39 is 5.60 Å². The summed E-state index contributed by atoms with van der Waals surface area (Å²) < 4.78 is 5.91. The highest BCUT2D eigenvalue weighted by Crippen LogP contribution is 2.52. The number of rotatable bonds is 0. The van der Waals surface area contributed by atoms with Crippen LogP contribution in [0, 0.1) is 11.3 Å². The van der Waals surface area contributed by atoms with Crippen molar-refractivity contribution in [1.82, 2.24) is 0 Å². The number of amides is 1. The zero-order chi connectivity index (χ0) is 15.3. The molecule has 0 bridgehead atoms. The minimum Gasteiger partial charge on any atom is -0.452 e. The molecule has 0 saturated carbocycles. The van der Waals surface area contributed by atoms with E-state index in [0.29, 0.717) is 5.57 Å². The Hall–Kier alpha value is -2.74. The molecule has 4 rings (SSSR count). The molecule has 1 atom stereocenters. The first-order chi connectivity index (χ1) is 10.7. The van der Waals surface area contributed by atoms with Crippen LogP contribution in [0.1, 0.15) is 31.2 Å². The predicted octanol–water partition coefficient (Wildman–Crippen LogP) is 2.43. The van der Waals surface area contributed by atoms with E-state index in [4.69, 9.17) is 10.5 Å². The Balaban J connectivity index is 2.01. The third-order valence-corrected chi connectivity index (χ3v) is 4.69. The molecule has 110 valence electrons. The highest BCUT2D eigenvalue weighted by Gasteiger charge is 2.55. The minimum absolute atomic E-state index is 0.0509. The smallest absolute Gasteiger partial charge is 0.277 e. The lowest BCUT2D eigenvalue weighted by Gasteiger charge is -2.38. The van der Waals surface area contributed by atoms with E-state index >= 15 is 0 Å². The van der Waals surface area contributed by atoms with Crippen molar-refractivity contribution in [2.24, 2.45) is 5.73 Å². The van der Waals surface area contributed by atoms with E-state index in [1.807, 2.05) is 24.3 Å². The molecular weight excluding hydrogens is 278 g/mol. The molecule has 0 unspecified atom stereocenters. The van der Waals surface area contributed by atoms with Gasteiger partial charge in [-0.05, 0) is 42.9 Å². The molecule has 0 fully saturated rings. The number of anilines is 1. The number of hydrogen-bond acceptors (Lipinski definition) is 4. The molecule has 1 aliphatic carbocycles. The van der Waals surface area contributed by atoms with Gasteiger partial charge in [0.25, 0.3) is 5.91 Å². The Labute approximate surface area is 128 Å². The number of carbonyl (C=O) groups is 1. The van der Waals surface area contributed by atoms with Gasteiger partial charge in [-0.25, -0.2) is 0 Å². The number of allylic oxidation sites excluding steroid dienone is 2. The molecule has 0 saturated heterocycles. The monoisotopic (exact) mass is 293 g/mol. The number of carbonyl (C=O) groups excluding carboxylic acids is 1. The summed E-state index contributed by atoms with van der Waals surface area (Å²) in [4.78, 5) is 12.8. The third-order valence-electron chi connectivity index (χ3n) is 4.69. The number of nitrogens with one attached hydrogen (secondary N) is 1. The maximum atomic E-state index is 12.8. The molecule has 5 heteroatoms. The van der Waals surface area contributed by atoms with Crippen LogP contribution in [-0.2, 0) is 15.1 Å². The van der Waals surface area contributed by atoms with Crippen LogP contribution in [-0.4, -0.2) is 5.91 Å². The molecule has 1 spiro atoms. The zero-order valence-electron chi connectivity index (χ0n) is 12.0. The Morgan fingerprint density at radius 1 is 1.27 bits per heavy atom. The van der Waals surface area contributed by atoms with Gasteiger partial charge in [-0.15, -0.1) is 0 Å². The topological polar surface area (TPSA) is 88.1 Å². The first kappa shape index (κ1) is 13.0. The first-order valence-electron chi connectivity index (χ1n) is 7.41. The van der Waals surface area contributed by atoms with Gasteiger partial charge in [-0.2, -0.15) is 5.26 Å². The Morgan fingerprint density at radius 2 is 2.05 bits per heavy atom. The standard InChI is InChI=1S/C17H15N3O2/c18-9-11-10-5-1-2-6-12(10)17(22-15(11)19)13-7-3-4-8-14(13)20-16(17)21/h3-4,7-8H,1-2,5-6,19H2,(H,20,21)/t17-/m0/s1. The Bertz CT molecular complexity index is 800. The van der Waals surface area contributed by atoms with Crippen molar-refractivity contribution < 1.29 is 9.53 Å². The fourth-order valence-corrected chi connectivity index (χ4v) is 3.75. The summed E-state index contributed by atoms with van der Waals surface area (Å²) in [6.07, 6.45) is 3.49. The largest absolute Gasteiger partial charge is 0.452 e. The lowest BCUT2D eigenvalue weighted by molar-refractivity contribution is -0.133. The Kier molecular flexibility index (Phi) is 2.58. The molecule has 3 N–H and O–H groups in total. The van der Waals surface area contributed by atoms with Crippen molar-refractivity contribution >= 4 is 11.6 Å². The van der Waals surface area contributed by atoms with Gasteiger partial charge in [0.15, 0.2) is 0 Å². The number of ether oxygens (including phenoxy) is 1. The van der Waals surface area contributed by atoms with Crippen molar-refractivity contribution in [2.45, 2.75) is 31.3 Å². The number of fused-ring (bicyclic) bond motifs is 3. The normalized spacial score (nSPS) is 26.2. The molecular formula is C17H15N3O2. The number of nitrogens with two attached hydrogens (primary N) is 1. The summed E-state index contributed by atoms with van der Waals surface area (Å²) >= 11 is 0. The van der Waals surface area contributed by atoms with Gasteiger partial charge in [0.2, 0.25) is 11.5 Å². The Morgan fingerprint density at radius 3 is 2.86 bits per heavy atom. The van der Waals surface area contributed by atoms with Crippen LogP contribution in [0.25, 0.3) is 0 Å². The van der Waals surface area contributed by atoms with Crippen molar-refractivity contribution in [2.75, 3.05) is 5.32 Å². The highest BCUT2D eigenvalue weighted by molar-refractivity contribution is 6.08. The summed E-state index contributed by atoms with van der Waals surface area (Å²) in [5, 5.41) is 12.3. The summed E-state index contributed by atoms with van der Waals surface area (Å²) in [6.45, 7) is 0. The van der Waals surface area contributed by atoms with Gasteiger partial charge in [0, 0.05) is 11.3 Å². The van der Waals surface area contributed by atoms with Gasteiger partial charge >= 0.3 is 0 Å². The van der Waals surface area contributed by atoms with E-state index in [1.165, 1.54) is 0 Å². The van der Waals surface area contributed by atoms with E-state index in [-0.39, 0.29) is 11.8 Å². The molecule has 0 aromatic heterocycles. The quantitative estimate of drug-likeness (QED) is 0.769. The second-order valence-electron chi connectivity index (χ2n) is 5.80. The summed E-state index contributed by atoms with van der Waals surface area (Å²) in [6, 6.07) is 9.63. The molecule has 5 nitrogen and oxygen atoms in total. The molecule has 2 aliphatic heterocycles. The summed E-state index contributed by atoms with van der Waals surface area (Å²) in [7, 11) is 0. The van der Waals surface area contributed by atoms with Crippen molar-refractivity contribution in [1.29, 1.82) is 5.26 Å². The molecule has 2 heterocycles. The molecule has 22 heavy (non-hydrogen) atoms. The van der Waals surface area contributed by atoms with Gasteiger partial charge < -0.3 is 15.8 Å². The fourth-order valence-electron chi connectivity index (χ4n) is 3.75. The van der Waals surface area contributed by atoms with Crippen molar-refractivity contribution in [3.8, 4) is 6.07 Å². The first-order valence-corrected chi connectivity index (χ1v) is 7.41. The number of nitriles is 1. The van der Waals surface area contributed by atoms with Crippen molar-refractivity contribution in [3.63, 3.8) is 0 Å². The molecule has 1 amide bonds. The lowest BCUT2D eigenvalue weighted by Crippen LogP contribution is -2.44. The average molecular weight is 293 g/mol. The second kappa shape index (κ2) is 4.38. The van der Waals surface area contributed by atoms with Crippen LogP contribution < -0.4 is 11.1 Å². The number of hydrogen-bond donors (Lipinski definition) is 2. The molecule has 0 radical (unpaired) electrons. The zero-order valence-corrected chi connectivity index (χ0v) is 12.0. The fraction of sp³-hybridized carbons (Fsp3) is 0.294. The van der Waals surface area contributed by atoms with Crippen LogP contribution in [0.15, 0.2) is 46.9 Å². The lowest BCUT2D eigenvalue weighted by atomic mass is 9.74. The van der Waals surface area contributed by atoms with Gasteiger partial charge in [-0.3, -0.25) is 4.79 Å². The SMILES string of the molecule is N#CC1=C(N)O[C@@]2(C(=O)Nc3ccccc32)C2=C1CCCC2. The molecule has 3 aliphatic rings. The molecule has 1 aromatic rings. The minimum atomic E-state index is -1.20. The summed E-state index contributed by atoms with van der Waals surface area (Å²) in [5.41, 5.74) is 8.50. The number of para-hydroxylation sites is 1. The second-order valence-corrected chi connectivity index (χ2v) is 5.80. The van der Waals surface area contributed by atoms with E-state index in [2.05, 4.69) is 11.4 Å². The van der Waals surface area contributed by atoms with Gasteiger partial charge in [0.05, 0.1) is 0 Å². The highest BCUT2D eigenvalue weighted by atomic mass is 16.5. The summed E-state index contributed by atoms with van der Waals surface area (Å²) in [5.74, 6) is -0.168. The van der Waals surface area contributed by atoms with E-state index in [0.717, 1.165) is 48.1 Å². The van der Waals surface area contributed by atoms with Crippen LogP contribution in [0.4, 0.5) is 5.69 Å². The van der Waals surface area contributed by atoms with E-state index in [9.17, 15) is 10.1 Å². The van der Waals surface area contributed by atoms with Crippen LogP contribution in [0.3, 0.4) is 0 Å². The third kappa shape index (κ3) is 1.44. The van der Waals surface area contributed by atoms with Crippen molar-refractivity contribution in [3.05, 3.63) is 52.4 Å². The van der Waals surface area contributed by atoms with Gasteiger partial charge in [-0.1, -0.05) is 18.2 Å². The average Bonchev–Trinajstić information content (AvgIpc) is 2.81. The van der Waals surface area contributed by atoms with Crippen LogP contribution in [0.2, 0.25) is 0 Å². The number of nitrogens with zero attached hydrogens (tertiary/aromatic N) is 1. The van der Waals surface area contributed by atoms with E-state index in [1.54, 1.807) is 0 Å². The predicted molar refractivity (Wildman–Crippen MR) is 80.2 cm³/mol. The van der Waals surface area contributed by atoms with Crippen LogP contribution >= 0.6 is 0 Å².